The van der Waals surface area contributed by atoms with Crippen molar-refractivity contribution in [1.82, 2.24) is 4.98 Å². The molecule has 0 bridgehead atoms. The van der Waals surface area contributed by atoms with Crippen LogP contribution in [0.5, 0.6) is 5.75 Å². The predicted octanol–water partition coefficient (Wildman–Crippen LogP) is 3.07. The van der Waals surface area contributed by atoms with E-state index < -0.39 is 12.7 Å². The third kappa shape index (κ3) is 3.48. The summed E-state index contributed by atoms with van der Waals surface area (Å²) >= 11 is 0. The molecule has 0 amide bonds. The third-order valence-electron chi connectivity index (χ3n) is 2.61. The van der Waals surface area contributed by atoms with Crippen LogP contribution in [0.2, 0.25) is 0 Å². The molecule has 0 aliphatic rings. The number of aryl methyl sites for hydroxylation is 1. The molecule has 19 heavy (non-hydrogen) atoms. The van der Waals surface area contributed by atoms with Crippen molar-refractivity contribution in [2.75, 3.05) is 0 Å². The van der Waals surface area contributed by atoms with E-state index in [1.165, 1.54) is 18.3 Å². The summed E-state index contributed by atoms with van der Waals surface area (Å²) in [5.41, 5.74) is 2.00. The molecular formula is C14H13F2NO2. The van der Waals surface area contributed by atoms with Gasteiger partial charge in [-0.1, -0.05) is 18.2 Å². The highest BCUT2D eigenvalue weighted by molar-refractivity contribution is 5.35. The van der Waals surface area contributed by atoms with Crippen molar-refractivity contribution >= 4 is 0 Å². The lowest BCUT2D eigenvalue weighted by Crippen LogP contribution is -2.04. The number of ether oxygens (including phenoxy) is 1. The number of benzene rings is 1. The van der Waals surface area contributed by atoms with Crippen LogP contribution in [0.1, 0.15) is 22.8 Å². The van der Waals surface area contributed by atoms with Crippen LogP contribution in [0.3, 0.4) is 0 Å². The third-order valence-corrected chi connectivity index (χ3v) is 2.61. The van der Waals surface area contributed by atoms with Gasteiger partial charge in [-0.2, -0.15) is 8.78 Å². The zero-order valence-corrected chi connectivity index (χ0v) is 10.3. The molecule has 1 aromatic carbocycles. The minimum Gasteiger partial charge on any atom is -0.435 e. The quantitative estimate of drug-likeness (QED) is 0.923. The summed E-state index contributed by atoms with van der Waals surface area (Å²) in [5, 5.41) is 10.2. The fourth-order valence-corrected chi connectivity index (χ4v) is 1.78. The molecule has 1 unspecified atom stereocenters. The molecule has 0 radical (unpaired) electrons. The Balaban J connectivity index is 2.26. The van der Waals surface area contributed by atoms with Crippen molar-refractivity contribution in [2.45, 2.75) is 19.6 Å². The van der Waals surface area contributed by atoms with Crippen LogP contribution in [0.4, 0.5) is 8.78 Å². The van der Waals surface area contributed by atoms with Gasteiger partial charge < -0.3 is 9.84 Å². The van der Waals surface area contributed by atoms with Gasteiger partial charge in [0.1, 0.15) is 11.9 Å². The summed E-state index contributed by atoms with van der Waals surface area (Å²) in [7, 11) is 0. The lowest BCUT2D eigenvalue weighted by Gasteiger charge is -2.13. The Morgan fingerprint density at radius 2 is 1.95 bits per heavy atom. The average molecular weight is 265 g/mol. The Hall–Kier alpha value is -2.01. The summed E-state index contributed by atoms with van der Waals surface area (Å²) < 4.78 is 28.6. The van der Waals surface area contributed by atoms with E-state index in [1.807, 2.05) is 6.92 Å². The number of aliphatic hydroxyl groups excluding tert-OH is 1. The summed E-state index contributed by atoms with van der Waals surface area (Å²) in [5.74, 6) is 0.0205. The maximum absolute atomic E-state index is 12.1. The van der Waals surface area contributed by atoms with E-state index in [1.54, 1.807) is 24.4 Å². The fourth-order valence-electron chi connectivity index (χ4n) is 1.78. The summed E-state index contributed by atoms with van der Waals surface area (Å²) in [6, 6.07) is 7.79. The molecule has 1 atom stereocenters. The number of alkyl halides is 2. The van der Waals surface area contributed by atoms with E-state index in [0.29, 0.717) is 11.1 Å². The van der Waals surface area contributed by atoms with E-state index in [0.717, 1.165) is 5.56 Å². The topological polar surface area (TPSA) is 42.4 Å². The van der Waals surface area contributed by atoms with Crippen molar-refractivity contribution in [2.24, 2.45) is 0 Å². The average Bonchev–Trinajstić information content (AvgIpc) is 2.37. The highest BCUT2D eigenvalue weighted by atomic mass is 19.3. The number of hydrogen-bond donors (Lipinski definition) is 1. The standard InChI is InChI=1S/C14H13F2NO2/c1-9-5-11(8-17-7-9)13(18)10-3-2-4-12(6-10)19-14(15)16/h2-8,13-14,18H,1H3. The van der Waals surface area contributed by atoms with Crippen molar-refractivity contribution < 1.29 is 18.6 Å². The number of nitrogens with zero attached hydrogens (tertiary/aromatic N) is 1. The molecule has 0 spiro atoms. The summed E-state index contributed by atoms with van der Waals surface area (Å²) in [6.45, 7) is -1.02. The van der Waals surface area contributed by atoms with Crippen LogP contribution in [-0.2, 0) is 0 Å². The van der Waals surface area contributed by atoms with Gasteiger partial charge in [0.05, 0.1) is 0 Å². The van der Waals surface area contributed by atoms with Gasteiger partial charge in [0, 0.05) is 18.0 Å². The van der Waals surface area contributed by atoms with Gasteiger partial charge in [0.15, 0.2) is 0 Å². The number of halogens is 2. The first kappa shape index (κ1) is 13.4. The van der Waals surface area contributed by atoms with Crippen LogP contribution in [0.25, 0.3) is 0 Å². The van der Waals surface area contributed by atoms with Crippen molar-refractivity contribution in [1.29, 1.82) is 0 Å². The molecule has 100 valence electrons. The van der Waals surface area contributed by atoms with Crippen LogP contribution < -0.4 is 4.74 Å². The van der Waals surface area contributed by atoms with Crippen molar-refractivity contribution in [3.63, 3.8) is 0 Å². The van der Waals surface area contributed by atoms with Crippen molar-refractivity contribution in [3.8, 4) is 5.75 Å². The molecule has 2 aromatic rings. The molecule has 1 N–H and O–H groups in total. The second-order valence-electron chi connectivity index (χ2n) is 4.15. The van der Waals surface area contributed by atoms with E-state index in [-0.39, 0.29) is 5.75 Å². The monoisotopic (exact) mass is 265 g/mol. The van der Waals surface area contributed by atoms with Crippen LogP contribution in [-0.4, -0.2) is 16.7 Å². The van der Waals surface area contributed by atoms with E-state index in [4.69, 9.17) is 0 Å². The van der Waals surface area contributed by atoms with Gasteiger partial charge in [-0.3, -0.25) is 4.98 Å². The molecule has 5 heteroatoms. The van der Waals surface area contributed by atoms with Gasteiger partial charge in [-0.05, 0) is 30.2 Å². The second-order valence-corrected chi connectivity index (χ2v) is 4.15. The van der Waals surface area contributed by atoms with Gasteiger partial charge in [0.25, 0.3) is 0 Å². The molecule has 3 nitrogen and oxygen atoms in total. The Labute approximate surface area is 109 Å². The molecule has 0 saturated heterocycles. The molecule has 0 aliphatic heterocycles. The predicted molar refractivity (Wildman–Crippen MR) is 66.1 cm³/mol. The van der Waals surface area contributed by atoms with Gasteiger partial charge in [-0.25, -0.2) is 0 Å². The molecule has 1 heterocycles. The van der Waals surface area contributed by atoms with Gasteiger partial charge in [0.2, 0.25) is 0 Å². The molecule has 2 rings (SSSR count). The number of hydrogen-bond acceptors (Lipinski definition) is 3. The zero-order chi connectivity index (χ0) is 13.8. The van der Waals surface area contributed by atoms with Gasteiger partial charge >= 0.3 is 6.61 Å². The molecule has 0 saturated carbocycles. The number of pyridine rings is 1. The smallest absolute Gasteiger partial charge is 0.387 e. The maximum Gasteiger partial charge on any atom is 0.387 e. The Morgan fingerprint density at radius 1 is 1.16 bits per heavy atom. The van der Waals surface area contributed by atoms with E-state index in [9.17, 15) is 13.9 Å². The number of rotatable bonds is 4. The molecule has 0 aliphatic carbocycles. The van der Waals surface area contributed by atoms with Crippen molar-refractivity contribution in [3.05, 3.63) is 59.4 Å². The normalized spacial score (nSPS) is 12.5. The summed E-state index contributed by atoms with van der Waals surface area (Å²) in [4.78, 5) is 3.99. The first-order valence-electron chi connectivity index (χ1n) is 5.70. The lowest BCUT2D eigenvalue weighted by atomic mass is 10.0. The SMILES string of the molecule is Cc1cncc(C(O)c2cccc(OC(F)F)c2)c1. The van der Waals surface area contributed by atoms with Crippen LogP contribution in [0.15, 0.2) is 42.7 Å². The number of aromatic nitrogens is 1. The highest BCUT2D eigenvalue weighted by Gasteiger charge is 2.13. The minimum atomic E-state index is -2.88. The second kappa shape index (κ2) is 5.75. The van der Waals surface area contributed by atoms with Crippen LogP contribution >= 0.6 is 0 Å². The Kier molecular flexibility index (Phi) is 4.06. The van der Waals surface area contributed by atoms with Crippen LogP contribution in [0, 0.1) is 6.92 Å². The summed E-state index contributed by atoms with van der Waals surface area (Å²) in [6.07, 6.45) is 2.29. The lowest BCUT2D eigenvalue weighted by molar-refractivity contribution is -0.0499. The number of aliphatic hydroxyl groups is 1. The maximum atomic E-state index is 12.1. The van der Waals surface area contributed by atoms with E-state index in [2.05, 4.69) is 9.72 Å². The van der Waals surface area contributed by atoms with E-state index >= 15 is 0 Å². The largest absolute Gasteiger partial charge is 0.435 e. The molecular weight excluding hydrogens is 252 g/mol. The minimum absolute atomic E-state index is 0.0205. The first-order chi connectivity index (χ1) is 9.06. The zero-order valence-electron chi connectivity index (χ0n) is 10.3. The molecule has 0 fully saturated rings. The molecule has 1 aromatic heterocycles. The fraction of sp³-hybridized carbons (Fsp3) is 0.214. The van der Waals surface area contributed by atoms with Gasteiger partial charge in [-0.15, -0.1) is 0 Å². The Morgan fingerprint density at radius 3 is 2.63 bits per heavy atom. The highest BCUT2D eigenvalue weighted by Crippen LogP contribution is 2.25. The Bertz CT molecular complexity index is 561. The first-order valence-corrected chi connectivity index (χ1v) is 5.70.